The first kappa shape index (κ1) is 20.0. The highest BCUT2D eigenvalue weighted by Crippen LogP contribution is 2.23. The number of carbonyl (C=O) groups is 1. The molecule has 1 atom stereocenters. The summed E-state index contributed by atoms with van der Waals surface area (Å²) in [7, 11) is 0. The molecule has 0 radical (unpaired) electrons. The van der Waals surface area contributed by atoms with Crippen LogP contribution in [0.5, 0.6) is 0 Å². The van der Waals surface area contributed by atoms with E-state index in [-0.39, 0.29) is 17.6 Å². The topological polar surface area (TPSA) is 63.8 Å². The molecule has 7 heteroatoms. The third-order valence-corrected chi connectivity index (χ3v) is 5.50. The number of fused-ring (bicyclic) bond motifs is 1. The second-order valence-electron chi connectivity index (χ2n) is 7.04. The van der Waals surface area contributed by atoms with Gasteiger partial charge in [-0.1, -0.05) is 29.3 Å². The second kappa shape index (κ2) is 8.57. The van der Waals surface area contributed by atoms with Gasteiger partial charge in [0.1, 0.15) is 11.1 Å². The normalized spacial score (nSPS) is 17.1. The molecular weight excluding hydrogens is 411 g/mol. The van der Waals surface area contributed by atoms with Crippen LogP contribution in [0.15, 0.2) is 51.9 Å². The van der Waals surface area contributed by atoms with E-state index in [1.807, 2.05) is 19.1 Å². The van der Waals surface area contributed by atoms with Gasteiger partial charge in [-0.15, -0.1) is 0 Å². The summed E-state index contributed by atoms with van der Waals surface area (Å²) in [5.74, 6) is -0.275. The molecule has 1 aliphatic rings. The van der Waals surface area contributed by atoms with Gasteiger partial charge in [-0.25, -0.2) is 4.99 Å². The van der Waals surface area contributed by atoms with Gasteiger partial charge >= 0.3 is 0 Å². The monoisotopic (exact) mass is 430 g/mol. The van der Waals surface area contributed by atoms with Crippen LogP contribution in [-0.2, 0) is 4.74 Å². The maximum absolute atomic E-state index is 12.9. The van der Waals surface area contributed by atoms with Crippen LogP contribution in [-0.4, -0.2) is 25.2 Å². The van der Waals surface area contributed by atoms with Gasteiger partial charge in [0.05, 0.1) is 11.8 Å². The third kappa shape index (κ3) is 4.64. The average molecular weight is 431 g/mol. The quantitative estimate of drug-likeness (QED) is 0.619. The molecule has 0 bridgehead atoms. The molecule has 150 valence electrons. The van der Waals surface area contributed by atoms with Gasteiger partial charge in [-0.2, -0.15) is 0 Å². The molecular formula is C22H20Cl2N2O3. The highest BCUT2D eigenvalue weighted by molar-refractivity contribution is 6.31. The summed E-state index contributed by atoms with van der Waals surface area (Å²) in [6.07, 6.45) is 2.00. The Kier molecular flexibility index (Phi) is 5.90. The minimum absolute atomic E-state index is 0.0436. The maximum atomic E-state index is 12.9. The van der Waals surface area contributed by atoms with Crippen molar-refractivity contribution in [1.82, 2.24) is 5.32 Å². The lowest BCUT2D eigenvalue weighted by atomic mass is 10.1. The Balaban J connectivity index is 1.76. The highest BCUT2D eigenvalue weighted by atomic mass is 35.5. The molecule has 2 aromatic carbocycles. The van der Waals surface area contributed by atoms with Gasteiger partial charge in [0.15, 0.2) is 0 Å². The van der Waals surface area contributed by atoms with Crippen LogP contribution >= 0.6 is 23.2 Å². The number of rotatable bonds is 4. The van der Waals surface area contributed by atoms with Crippen molar-refractivity contribution >= 4 is 45.8 Å². The van der Waals surface area contributed by atoms with E-state index in [9.17, 15) is 4.79 Å². The van der Waals surface area contributed by atoms with E-state index in [0.29, 0.717) is 33.4 Å². The van der Waals surface area contributed by atoms with Crippen LogP contribution in [0.4, 0.5) is 5.69 Å². The number of benzene rings is 2. The molecule has 2 heterocycles. The number of amides is 1. The Labute approximate surface area is 178 Å². The molecule has 0 saturated carbocycles. The van der Waals surface area contributed by atoms with E-state index in [2.05, 4.69) is 10.3 Å². The number of nitrogens with zero attached hydrogens (tertiary/aromatic N) is 1. The molecule has 1 aliphatic heterocycles. The van der Waals surface area contributed by atoms with E-state index in [1.54, 1.807) is 30.3 Å². The lowest BCUT2D eigenvalue weighted by Crippen LogP contribution is -2.34. The van der Waals surface area contributed by atoms with Crippen molar-refractivity contribution in [2.24, 2.45) is 4.99 Å². The zero-order chi connectivity index (χ0) is 20.4. The van der Waals surface area contributed by atoms with Crippen molar-refractivity contribution in [3.05, 3.63) is 69.2 Å². The predicted octanol–water partition coefficient (Wildman–Crippen LogP) is 5.19. The van der Waals surface area contributed by atoms with Crippen LogP contribution in [0.3, 0.4) is 0 Å². The lowest BCUT2D eigenvalue weighted by Gasteiger charge is -2.11. The molecule has 1 aromatic heterocycles. The number of hydrogen-bond donors (Lipinski definition) is 1. The summed E-state index contributed by atoms with van der Waals surface area (Å²) in [6, 6.07) is 12.4. The van der Waals surface area contributed by atoms with Gasteiger partial charge in [0, 0.05) is 28.6 Å². The van der Waals surface area contributed by atoms with Gasteiger partial charge in [-0.3, -0.25) is 4.79 Å². The predicted molar refractivity (Wildman–Crippen MR) is 114 cm³/mol. The molecule has 1 saturated heterocycles. The van der Waals surface area contributed by atoms with Gasteiger partial charge in [0.25, 0.3) is 5.91 Å². The SMILES string of the molecule is Cc1ccc(N=c2oc3ccc(Cl)cc3cc2C(=O)NC[C@H]2CCCO2)cc1Cl. The first-order valence-corrected chi connectivity index (χ1v) is 10.2. The lowest BCUT2D eigenvalue weighted by molar-refractivity contribution is 0.0854. The first-order chi connectivity index (χ1) is 14.0. The first-order valence-electron chi connectivity index (χ1n) is 9.44. The minimum atomic E-state index is -0.275. The minimum Gasteiger partial charge on any atom is -0.438 e. The van der Waals surface area contributed by atoms with Crippen LogP contribution in [0.25, 0.3) is 11.0 Å². The van der Waals surface area contributed by atoms with Gasteiger partial charge < -0.3 is 14.5 Å². The van der Waals surface area contributed by atoms with E-state index >= 15 is 0 Å². The summed E-state index contributed by atoms with van der Waals surface area (Å²) in [5, 5.41) is 4.81. The van der Waals surface area contributed by atoms with E-state index < -0.39 is 0 Å². The Bertz CT molecular complexity index is 1130. The maximum Gasteiger partial charge on any atom is 0.256 e. The molecule has 0 unspecified atom stereocenters. The van der Waals surface area contributed by atoms with E-state index in [4.69, 9.17) is 32.4 Å². The smallest absolute Gasteiger partial charge is 0.256 e. The summed E-state index contributed by atoms with van der Waals surface area (Å²) in [4.78, 5) is 17.5. The van der Waals surface area contributed by atoms with Crippen molar-refractivity contribution in [3.8, 4) is 0 Å². The van der Waals surface area contributed by atoms with Crippen molar-refractivity contribution in [1.29, 1.82) is 0 Å². The average Bonchev–Trinajstić information content (AvgIpc) is 3.22. The fraction of sp³-hybridized carbons (Fsp3) is 0.273. The molecule has 1 N–H and O–H groups in total. The summed E-state index contributed by atoms with van der Waals surface area (Å²) in [5.41, 5.74) is 2.68. The Morgan fingerprint density at radius 1 is 1.21 bits per heavy atom. The van der Waals surface area contributed by atoms with Crippen LogP contribution in [0.1, 0.15) is 28.8 Å². The molecule has 0 aliphatic carbocycles. The molecule has 29 heavy (non-hydrogen) atoms. The number of hydrogen-bond acceptors (Lipinski definition) is 4. The van der Waals surface area contributed by atoms with Crippen LogP contribution in [0.2, 0.25) is 10.0 Å². The van der Waals surface area contributed by atoms with Crippen molar-refractivity contribution in [3.63, 3.8) is 0 Å². The Hall–Kier alpha value is -2.34. The second-order valence-corrected chi connectivity index (χ2v) is 7.88. The zero-order valence-corrected chi connectivity index (χ0v) is 17.4. The van der Waals surface area contributed by atoms with E-state index in [0.717, 1.165) is 30.4 Å². The van der Waals surface area contributed by atoms with Crippen LogP contribution in [0, 0.1) is 6.92 Å². The molecule has 1 fully saturated rings. The Morgan fingerprint density at radius 2 is 2.07 bits per heavy atom. The number of nitrogens with one attached hydrogen (secondary N) is 1. The largest absolute Gasteiger partial charge is 0.438 e. The van der Waals surface area contributed by atoms with Crippen molar-refractivity contribution < 1.29 is 13.9 Å². The number of carbonyl (C=O) groups excluding carboxylic acids is 1. The molecule has 5 nitrogen and oxygen atoms in total. The van der Waals surface area contributed by atoms with E-state index in [1.165, 1.54) is 0 Å². The summed E-state index contributed by atoms with van der Waals surface area (Å²) >= 11 is 12.3. The number of ether oxygens (including phenoxy) is 1. The zero-order valence-electron chi connectivity index (χ0n) is 15.9. The molecule has 0 spiro atoms. The molecule has 1 amide bonds. The third-order valence-electron chi connectivity index (χ3n) is 4.85. The summed E-state index contributed by atoms with van der Waals surface area (Å²) in [6.45, 7) is 3.10. The van der Waals surface area contributed by atoms with Crippen LogP contribution < -0.4 is 10.9 Å². The fourth-order valence-electron chi connectivity index (χ4n) is 3.22. The van der Waals surface area contributed by atoms with Gasteiger partial charge in [0.2, 0.25) is 5.55 Å². The van der Waals surface area contributed by atoms with Crippen molar-refractivity contribution in [2.45, 2.75) is 25.9 Å². The molecule has 3 aromatic rings. The fourth-order valence-corrected chi connectivity index (χ4v) is 3.58. The van der Waals surface area contributed by atoms with Gasteiger partial charge in [-0.05, 0) is 61.7 Å². The standard InChI is InChI=1S/C22H20Cl2N2O3/c1-13-4-6-16(11-19(13)24)26-22-18(21(27)25-12-17-3-2-8-28-17)10-14-9-15(23)5-7-20(14)29-22/h4-7,9-11,17H,2-3,8,12H2,1H3,(H,25,27)/t17-/m1/s1. The number of halogens is 2. The van der Waals surface area contributed by atoms with Crippen molar-refractivity contribution in [2.75, 3.05) is 13.2 Å². The highest BCUT2D eigenvalue weighted by Gasteiger charge is 2.18. The number of aryl methyl sites for hydroxylation is 1. The summed E-state index contributed by atoms with van der Waals surface area (Å²) < 4.78 is 11.5. The Morgan fingerprint density at radius 3 is 2.83 bits per heavy atom. The molecule has 4 rings (SSSR count).